The predicted molar refractivity (Wildman–Crippen MR) is 61.0 cm³/mol. The molecule has 1 aliphatic heterocycles. The van der Waals surface area contributed by atoms with Crippen LogP contribution in [0.3, 0.4) is 0 Å². The number of hydrogen-bond donors (Lipinski definition) is 1. The van der Waals surface area contributed by atoms with Gasteiger partial charge in [0.2, 0.25) is 0 Å². The molecule has 1 N–H and O–H groups in total. The van der Waals surface area contributed by atoms with Gasteiger partial charge in [-0.15, -0.1) is 0 Å². The van der Waals surface area contributed by atoms with Gasteiger partial charge in [-0.1, -0.05) is 26.7 Å². The van der Waals surface area contributed by atoms with Crippen LogP contribution in [0, 0.1) is 0 Å². The van der Waals surface area contributed by atoms with E-state index in [9.17, 15) is 9.90 Å². The van der Waals surface area contributed by atoms with E-state index in [1.807, 2.05) is 6.92 Å². The van der Waals surface area contributed by atoms with Crippen molar-refractivity contribution in [2.24, 2.45) is 0 Å². The molecule has 15 heavy (non-hydrogen) atoms. The Morgan fingerprint density at radius 2 is 1.87 bits per heavy atom. The summed E-state index contributed by atoms with van der Waals surface area (Å²) in [5, 5.41) is 9.47. The largest absolute Gasteiger partial charge is 0.480 e. The molecular weight excluding hydrogens is 190 g/mol. The Hall–Kier alpha value is -0.570. The van der Waals surface area contributed by atoms with Gasteiger partial charge >= 0.3 is 5.97 Å². The molecule has 1 saturated heterocycles. The summed E-state index contributed by atoms with van der Waals surface area (Å²) >= 11 is 0. The average molecular weight is 213 g/mol. The SMILES string of the molecule is CCCC(CC)(C(=O)O)N1CCCCC1. The monoisotopic (exact) mass is 213 g/mol. The van der Waals surface area contributed by atoms with Gasteiger partial charge in [0, 0.05) is 0 Å². The first kappa shape index (κ1) is 12.5. The lowest BCUT2D eigenvalue weighted by atomic mass is 9.87. The summed E-state index contributed by atoms with van der Waals surface area (Å²) < 4.78 is 0. The lowest BCUT2D eigenvalue weighted by Crippen LogP contribution is -2.55. The van der Waals surface area contributed by atoms with Gasteiger partial charge in [0.1, 0.15) is 5.54 Å². The second kappa shape index (κ2) is 5.50. The smallest absolute Gasteiger partial charge is 0.324 e. The zero-order chi connectivity index (χ0) is 11.3. The molecule has 0 bridgehead atoms. The highest BCUT2D eigenvalue weighted by molar-refractivity contribution is 5.78. The molecule has 1 rings (SSSR count). The number of carboxylic acids is 1. The van der Waals surface area contributed by atoms with Crippen LogP contribution in [-0.2, 0) is 4.79 Å². The molecule has 1 atom stereocenters. The van der Waals surface area contributed by atoms with E-state index in [2.05, 4.69) is 11.8 Å². The van der Waals surface area contributed by atoms with Gasteiger partial charge in [-0.05, 0) is 38.8 Å². The molecule has 0 aromatic carbocycles. The minimum atomic E-state index is -0.631. The number of aliphatic carboxylic acids is 1. The van der Waals surface area contributed by atoms with E-state index < -0.39 is 11.5 Å². The highest BCUT2D eigenvalue weighted by atomic mass is 16.4. The van der Waals surface area contributed by atoms with Crippen LogP contribution in [0.5, 0.6) is 0 Å². The normalized spacial score (nSPS) is 22.3. The van der Waals surface area contributed by atoms with Crippen LogP contribution in [0.2, 0.25) is 0 Å². The molecule has 3 heteroatoms. The van der Waals surface area contributed by atoms with Crippen LogP contribution in [0.4, 0.5) is 0 Å². The lowest BCUT2D eigenvalue weighted by molar-refractivity contribution is -0.153. The minimum Gasteiger partial charge on any atom is -0.480 e. The molecule has 0 amide bonds. The van der Waals surface area contributed by atoms with E-state index in [-0.39, 0.29) is 0 Å². The van der Waals surface area contributed by atoms with Crippen molar-refractivity contribution in [3.63, 3.8) is 0 Å². The van der Waals surface area contributed by atoms with Crippen molar-refractivity contribution in [1.82, 2.24) is 4.90 Å². The van der Waals surface area contributed by atoms with Crippen molar-refractivity contribution in [2.75, 3.05) is 13.1 Å². The van der Waals surface area contributed by atoms with Gasteiger partial charge in [-0.25, -0.2) is 0 Å². The standard InChI is InChI=1S/C12H23NO2/c1-3-8-12(4-2,11(14)15)13-9-6-5-7-10-13/h3-10H2,1-2H3,(H,14,15). The van der Waals surface area contributed by atoms with Crippen LogP contribution >= 0.6 is 0 Å². The Balaban J connectivity index is 2.80. The second-order valence-corrected chi connectivity index (χ2v) is 4.49. The highest BCUT2D eigenvalue weighted by Crippen LogP contribution is 2.29. The van der Waals surface area contributed by atoms with Crippen LogP contribution in [0.15, 0.2) is 0 Å². The molecular formula is C12H23NO2. The molecule has 3 nitrogen and oxygen atoms in total. The molecule has 1 unspecified atom stereocenters. The van der Waals surface area contributed by atoms with Crippen LogP contribution in [-0.4, -0.2) is 34.6 Å². The van der Waals surface area contributed by atoms with Crippen molar-refractivity contribution in [3.8, 4) is 0 Å². The van der Waals surface area contributed by atoms with E-state index in [1.165, 1.54) is 6.42 Å². The number of nitrogens with zero attached hydrogens (tertiary/aromatic N) is 1. The summed E-state index contributed by atoms with van der Waals surface area (Å²) in [5.74, 6) is -0.631. The maximum absolute atomic E-state index is 11.5. The van der Waals surface area contributed by atoms with E-state index >= 15 is 0 Å². The molecule has 1 fully saturated rings. The fourth-order valence-electron chi connectivity index (χ4n) is 2.69. The van der Waals surface area contributed by atoms with Gasteiger partial charge in [0.25, 0.3) is 0 Å². The van der Waals surface area contributed by atoms with Gasteiger partial charge in [-0.3, -0.25) is 9.69 Å². The summed E-state index contributed by atoms with van der Waals surface area (Å²) in [6.07, 6.45) is 5.99. The zero-order valence-electron chi connectivity index (χ0n) is 9.96. The van der Waals surface area contributed by atoms with Crippen molar-refractivity contribution >= 4 is 5.97 Å². The average Bonchev–Trinajstić information content (AvgIpc) is 2.26. The Labute approximate surface area is 92.5 Å². The topological polar surface area (TPSA) is 40.5 Å². The maximum Gasteiger partial charge on any atom is 0.324 e. The number of rotatable bonds is 5. The van der Waals surface area contributed by atoms with Gasteiger partial charge in [0.15, 0.2) is 0 Å². The quantitative estimate of drug-likeness (QED) is 0.763. The number of piperidine rings is 1. The first-order chi connectivity index (χ1) is 7.17. The Bertz CT molecular complexity index is 212. The van der Waals surface area contributed by atoms with Crippen LogP contribution in [0.1, 0.15) is 52.4 Å². The Morgan fingerprint density at radius 3 is 2.27 bits per heavy atom. The number of hydrogen-bond acceptors (Lipinski definition) is 2. The minimum absolute atomic E-state index is 0.588. The van der Waals surface area contributed by atoms with Crippen molar-refractivity contribution in [1.29, 1.82) is 0 Å². The molecule has 0 saturated carbocycles. The third-order valence-electron chi connectivity index (χ3n) is 3.61. The molecule has 88 valence electrons. The molecule has 0 aromatic heterocycles. The summed E-state index contributed by atoms with van der Waals surface area (Å²) in [4.78, 5) is 13.7. The van der Waals surface area contributed by atoms with Crippen LogP contribution < -0.4 is 0 Å². The summed E-state index contributed by atoms with van der Waals surface area (Å²) in [5.41, 5.74) is -0.588. The molecule has 1 aliphatic rings. The van der Waals surface area contributed by atoms with E-state index in [4.69, 9.17) is 0 Å². The fraction of sp³-hybridized carbons (Fsp3) is 0.917. The van der Waals surface area contributed by atoms with Crippen molar-refractivity contribution < 1.29 is 9.90 Å². The summed E-state index contributed by atoms with van der Waals surface area (Å²) in [6.45, 7) is 5.98. The number of likely N-dealkylation sites (tertiary alicyclic amines) is 1. The van der Waals surface area contributed by atoms with Crippen LogP contribution in [0.25, 0.3) is 0 Å². The first-order valence-electron chi connectivity index (χ1n) is 6.16. The van der Waals surface area contributed by atoms with E-state index in [0.717, 1.165) is 45.2 Å². The highest BCUT2D eigenvalue weighted by Gasteiger charge is 2.41. The third kappa shape index (κ3) is 2.51. The Kier molecular flexibility index (Phi) is 4.58. The van der Waals surface area contributed by atoms with E-state index in [1.54, 1.807) is 0 Å². The van der Waals surface area contributed by atoms with Gasteiger partial charge < -0.3 is 5.11 Å². The second-order valence-electron chi connectivity index (χ2n) is 4.49. The summed E-state index contributed by atoms with van der Waals surface area (Å²) in [7, 11) is 0. The lowest BCUT2D eigenvalue weighted by Gasteiger charge is -2.42. The summed E-state index contributed by atoms with van der Waals surface area (Å²) in [6, 6.07) is 0. The number of carboxylic acid groups (broad SMARTS) is 1. The van der Waals surface area contributed by atoms with Gasteiger partial charge in [0.05, 0.1) is 0 Å². The maximum atomic E-state index is 11.5. The molecule has 0 spiro atoms. The molecule has 1 heterocycles. The van der Waals surface area contributed by atoms with Gasteiger partial charge in [-0.2, -0.15) is 0 Å². The predicted octanol–water partition coefficient (Wildman–Crippen LogP) is 2.51. The molecule has 0 radical (unpaired) electrons. The fourth-order valence-corrected chi connectivity index (χ4v) is 2.69. The Morgan fingerprint density at radius 1 is 1.27 bits per heavy atom. The molecule has 0 aromatic rings. The van der Waals surface area contributed by atoms with Crippen molar-refractivity contribution in [3.05, 3.63) is 0 Å². The van der Waals surface area contributed by atoms with Crippen molar-refractivity contribution in [2.45, 2.75) is 57.9 Å². The van der Waals surface area contributed by atoms with E-state index in [0.29, 0.717) is 0 Å². The number of carbonyl (C=O) groups is 1. The third-order valence-corrected chi connectivity index (χ3v) is 3.61. The first-order valence-corrected chi connectivity index (χ1v) is 6.16. The molecule has 0 aliphatic carbocycles. The zero-order valence-corrected chi connectivity index (χ0v) is 9.96.